The van der Waals surface area contributed by atoms with Gasteiger partial charge in [0.2, 0.25) is 0 Å². The Bertz CT molecular complexity index is 453. The highest BCUT2D eigenvalue weighted by Gasteiger charge is 2.16. The molecule has 21 heavy (non-hydrogen) atoms. The molecule has 0 saturated heterocycles. The molecule has 0 aliphatic heterocycles. The summed E-state index contributed by atoms with van der Waals surface area (Å²) >= 11 is 0. The maximum absolute atomic E-state index is 12.1. The van der Waals surface area contributed by atoms with E-state index in [0.717, 1.165) is 30.5 Å². The van der Waals surface area contributed by atoms with Gasteiger partial charge in [-0.3, -0.25) is 4.79 Å². The lowest BCUT2D eigenvalue weighted by Gasteiger charge is -2.16. The Kier molecular flexibility index (Phi) is 5.40. The van der Waals surface area contributed by atoms with E-state index in [-0.39, 0.29) is 5.91 Å². The van der Waals surface area contributed by atoms with Crippen LogP contribution in [0.5, 0.6) is 0 Å². The lowest BCUT2D eigenvalue weighted by atomic mass is 9.98. The van der Waals surface area contributed by atoms with Gasteiger partial charge in [0.1, 0.15) is 0 Å². The Hall–Kier alpha value is -1.35. The van der Waals surface area contributed by atoms with E-state index >= 15 is 0 Å². The number of amides is 1. The molecular weight excluding hydrogens is 262 g/mol. The molecule has 1 saturated carbocycles. The monoisotopic (exact) mass is 289 g/mol. The lowest BCUT2D eigenvalue weighted by Crippen LogP contribution is -2.28. The van der Waals surface area contributed by atoms with Crippen LogP contribution in [0.4, 0.5) is 0 Å². The number of benzene rings is 1. The van der Waals surface area contributed by atoms with Gasteiger partial charge >= 0.3 is 0 Å². The molecule has 2 N–H and O–H groups in total. The smallest absolute Gasteiger partial charge is 0.251 e. The number of carbonyl (C=O) groups is 1. The fourth-order valence-corrected chi connectivity index (χ4v) is 2.83. The zero-order chi connectivity index (χ0) is 15.3. The van der Waals surface area contributed by atoms with Gasteiger partial charge in [-0.05, 0) is 63.1 Å². The molecule has 1 amide bonds. The highest BCUT2D eigenvalue weighted by molar-refractivity contribution is 5.94. The SMILES string of the molecule is CC(C)(O)CCc1ccc(C(=O)NCC2CCCC2)cc1. The standard InChI is InChI=1S/C18H27NO2/c1-18(2,21)12-11-14-7-9-16(10-8-14)17(20)19-13-15-5-3-4-6-15/h7-10,15,21H,3-6,11-13H2,1-2H3,(H,19,20). The van der Waals surface area contributed by atoms with Gasteiger partial charge in [0.15, 0.2) is 0 Å². The fourth-order valence-electron chi connectivity index (χ4n) is 2.83. The molecule has 0 heterocycles. The van der Waals surface area contributed by atoms with Crippen molar-refractivity contribution in [2.75, 3.05) is 6.54 Å². The molecule has 3 nitrogen and oxygen atoms in total. The van der Waals surface area contributed by atoms with Crippen LogP contribution in [0.25, 0.3) is 0 Å². The van der Waals surface area contributed by atoms with Crippen molar-refractivity contribution in [3.05, 3.63) is 35.4 Å². The summed E-state index contributed by atoms with van der Waals surface area (Å²) < 4.78 is 0. The molecule has 1 fully saturated rings. The third-order valence-electron chi connectivity index (χ3n) is 4.27. The van der Waals surface area contributed by atoms with E-state index in [1.807, 2.05) is 38.1 Å². The van der Waals surface area contributed by atoms with Crippen LogP contribution in [0.15, 0.2) is 24.3 Å². The molecule has 1 aliphatic rings. The summed E-state index contributed by atoms with van der Waals surface area (Å²) in [7, 11) is 0. The second kappa shape index (κ2) is 7.08. The van der Waals surface area contributed by atoms with Gasteiger partial charge in [-0.15, -0.1) is 0 Å². The summed E-state index contributed by atoms with van der Waals surface area (Å²) in [5.74, 6) is 0.691. The van der Waals surface area contributed by atoms with Gasteiger partial charge in [-0.1, -0.05) is 25.0 Å². The van der Waals surface area contributed by atoms with Crippen LogP contribution in [0.1, 0.15) is 61.9 Å². The number of nitrogens with one attached hydrogen (secondary N) is 1. The van der Waals surface area contributed by atoms with Crippen molar-refractivity contribution in [2.24, 2.45) is 5.92 Å². The van der Waals surface area contributed by atoms with E-state index in [4.69, 9.17) is 0 Å². The minimum Gasteiger partial charge on any atom is -0.390 e. The highest BCUT2D eigenvalue weighted by Crippen LogP contribution is 2.23. The van der Waals surface area contributed by atoms with Crippen LogP contribution in [0.3, 0.4) is 0 Å². The molecule has 1 aliphatic carbocycles. The predicted molar refractivity (Wildman–Crippen MR) is 85.4 cm³/mol. The normalized spacial score (nSPS) is 16.1. The first-order valence-corrected chi connectivity index (χ1v) is 8.03. The van der Waals surface area contributed by atoms with Gasteiger partial charge in [0.05, 0.1) is 5.60 Å². The van der Waals surface area contributed by atoms with Gasteiger partial charge < -0.3 is 10.4 Å². The topological polar surface area (TPSA) is 49.3 Å². The molecule has 1 aromatic carbocycles. The van der Waals surface area contributed by atoms with Gasteiger partial charge in [-0.25, -0.2) is 0 Å². The van der Waals surface area contributed by atoms with Gasteiger partial charge in [-0.2, -0.15) is 0 Å². The maximum Gasteiger partial charge on any atom is 0.251 e. The van der Waals surface area contributed by atoms with Crippen molar-refractivity contribution in [1.82, 2.24) is 5.32 Å². The quantitative estimate of drug-likeness (QED) is 0.844. The zero-order valence-corrected chi connectivity index (χ0v) is 13.2. The Labute approximate surface area is 127 Å². The van der Waals surface area contributed by atoms with Crippen LogP contribution in [-0.4, -0.2) is 23.2 Å². The van der Waals surface area contributed by atoms with E-state index in [2.05, 4.69) is 5.32 Å². The van der Waals surface area contributed by atoms with Crippen molar-refractivity contribution in [3.8, 4) is 0 Å². The first-order chi connectivity index (χ1) is 9.94. The van der Waals surface area contributed by atoms with Gasteiger partial charge in [0, 0.05) is 12.1 Å². The second-order valence-electron chi connectivity index (χ2n) is 6.87. The molecule has 116 valence electrons. The van der Waals surface area contributed by atoms with Gasteiger partial charge in [0.25, 0.3) is 5.91 Å². The zero-order valence-electron chi connectivity index (χ0n) is 13.2. The number of aryl methyl sites for hydroxylation is 1. The summed E-state index contributed by atoms with van der Waals surface area (Å²) in [5, 5.41) is 12.8. The van der Waals surface area contributed by atoms with Crippen LogP contribution in [0.2, 0.25) is 0 Å². The third-order valence-corrected chi connectivity index (χ3v) is 4.27. The highest BCUT2D eigenvalue weighted by atomic mass is 16.3. The minimum atomic E-state index is -0.642. The molecule has 0 spiro atoms. The molecule has 0 atom stereocenters. The summed E-state index contributed by atoms with van der Waals surface area (Å²) in [5.41, 5.74) is 1.24. The summed E-state index contributed by atoms with van der Waals surface area (Å²) in [6.07, 6.45) is 6.65. The maximum atomic E-state index is 12.1. The molecule has 3 heteroatoms. The van der Waals surface area contributed by atoms with E-state index in [0.29, 0.717) is 5.92 Å². The van der Waals surface area contributed by atoms with Crippen LogP contribution < -0.4 is 5.32 Å². The molecule has 0 unspecified atom stereocenters. The summed E-state index contributed by atoms with van der Waals surface area (Å²) in [4.78, 5) is 12.1. The number of rotatable bonds is 6. The largest absolute Gasteiger partial charge is 0.390 e. The molecule has 1 aromatic rings. The molecule has 0 aromatic heterocycles. The number of hydrogen-bond donors (Lipinski definition) is 2. The predicted octanol–water partition coefficient (Wildman–Crippen LogP) is 3.31. The van der Waals surface area contributed by atoms with E-state index in [1.165, 1.54) is 25.7 Å². The molecular formula is C18H27NO2. The lowest BCUT2D eigenvalue weighted by molar-refractivity contribution is 0.0713. The van der Waals surface area contributed by atoms with E-state index < -0.39 is 5.60 Å². The Balaban J connectivity index is 1.81. The average molecular weight is 289 g/mol. The van der Waals surface area contributed by atoms with Crippen LogP contribution in [-0.2, 0) is 6.42 Å². The van der Waals surface area contributed by atoms with Crippen molar-refractivity contribution >= 4 is 5.91 Å². The van der Waals surface area contributed by atoms with Crippen LogP contribution in [0, 0.1) is 5.92 Å². The van der Waals surface area contributed by atoms with Crippen molar-refractivity contribution < 1.29 is 9.90 Å². The van der Waals surface area contributed by atoms with Crippen molar-refractivity contribution in [1.29, 1.82) is 0 Å². The van der Waals surface area contributed by atoms with E-state index in [1.54, 1.807) is 0 Å². The average Bonchev–Trinajstić information content (AvgIpc) is 2.95. The van der Waals surface area contributed by atoms with Crippen LogP contribution >= 0.6 is 0 Å². The molecule has 0 bridgehead atoms. The summed E-state index contributed by atoms with van der Waals surface area (Å²) in [6, 6.07) is 7.72. The minimum absolute atomic E-state index is 0.0240. The number of carbonyl (C=O) groups excluding carboxylic acids is 1. The second-order valence-corrected chi connectivity index (χ2v) is 6.87. The van der Waals surface area contributed by atoms with Crippen molar-refractivity contribution in [3.63, 3.8) is 0 Å². The Morgan fingerprint density at radius 2 is 1.86 bits per heavy atom. The first-order valence-electron chi connectivity index (χ1n) is 8.03. The van der Waals surface area contributed by atoms with E-state index in [9.17, 15) is 9.90 Å². The first kappa shape index (κ1) is 16.0. The summed E-state index contributed by atoms with van der Waals surface area (Å²) in [6.45, 7) is 4.44. The number of hydrogen-bond acceptors (Lipinski definition) is 2. The fraction of sp³-hybridized carbons (Fsp3) is 0.611. The molecule has 2 rings (SSSR count). The Morgan fingerprint density at radius 1 is 1.24 bits per heavy atom. The number of aliphatic hydroxyl groups is 1. The Morgan fingerprint density at radius 3 is 2.43 bits per heavy atom. The molecule has 0 radical (unpaired) electrons. The van der Waals surface area contributed by atoms with Crippen molar-refractivity contribution in [2.45, 2.75) is 58.0 Å². The third kappa shape index (κ3) is 5.50.